The van der Waals surface area contributed by atoms with E-state index >= 15 is 0 Å². The summed E-state index contributed by atoms with van der Waals surface area (Å²) in [5.74, 6) is 0.880. The van der Waals surface area contributed by atoms with Gasteiger partial charge in [0.15, 0.2) is 0 Å². The highest BCUT2D eigenvalue weighted by Crippen LogP contribution is 2.25. The van der Waals surface area contributed by atoms with Crippen LogP contribution in [0.15, 0.2) is 12.1 Å². The Morgan fingerprint density at radius 3 is 2.35 bits per heavy atom. The third-order valence-electron chi connectivity index (χ3n) is 3.02. The molecule has 0 fully saturated rings. The fourth-order valence-electron chi connectivity index (χ4n) is 1.85. The lowest BCUT2D eigenvalue weighted by Crippen LogP contribution is -2.25. The number of unbranched alkanes of at least 4 members (excludes halogenated alkanes) is 1. The summed E-state index contributed by atoms with van der Waals surface area (Å²) in [4.78, 5) is 0. The van der Waals surface area contributed by atoms with Crippen molar-refractivity contribution < 1.29 is 9.47 Å². The molecule has 3 nitrogen and oxygen atoms in total. The van der Waals surface area contributed by atoms with Gasteiger partial charge in [-0.05, 0) is 43.5 Å². The first kappa shape index (κ1) is 17.3. The van der Waals surface area contributed by atoms with E-state index in [2.05, 4.69) is 12.2 Å². The molecule has 4 heteroatoms. The Kier molecular flexibility index (Phi) is 8.67. The minimum Gasteiger partial charge on any atom is -0.492 e. The zero-order valence-corrected chi connectivity index (χ0v) is 13.6. The lowest BCUT2D eigenvalue weighted by molar-refractivity contribution is 0.132. The maximum absolute atomic E-state index is 6.12. The highest BCUT2D eigenvalue weighted by molar-refractivity contribution is 6.32. The molecule has 0 saturated carbocycles. The largest absolute Gasteiger partial charge is 0.492 e. The van der Waals surface area contributed by atoms with E-state index in [4.69, 9.17) is 21.1 Å². The number of rotatable bonds is 10. The lowest BCUT2D eigenvalue weighted by atomic mass is 10.1. The molecule has 0 heterocycles. The Balaban J connectivity index is 2.10. The molecule has 0 unspecified atom stereocenters. The van der Waals surface area contributed by atoms with Gasteiger partial charge in [0.2, 0.25) is 0 Å². The smallest absolute Gasteiger partial charge is 0.119 e. The number of nitrogens with one attached hydrogen (secondary N) is 1. The van der Waals surface area contributed by atoms with Gasteiger partial charge in [-0.15, -0.1) is 0 Å². The quantitative estimate of drug-likeness (QED) is 0.668. The van der Waals surface area contributed by atoms with Gasteiger partial charge in [0.25, 0.3) is 0 Å². The standard InChI is InChI=1S/C16H26ClNO2/c1-4-5-8-19-9-6-18-7-10-20-15-11-13(2)16(17)14(3)12-15/h11-12,18H,4-10H2,1-3H3. The summed E-state index contributed by atoms with van der Waals surface area (Å²) >= 11 is 6.12. The summed E-state index contributed by atoms with van der Waals surface area (Å²) in [6, 6.07) is 3.95. The van der Waals surface area contributed by atoms with Crippen LogP contribution in [0.5, 0.6) is 5.75 Å². The molecule has 0 spiro atoms. The van der Waals surface area contributed by atoms with E-state index in [1.165, 1.54) is 6.42 Å². The highest BCUT2D eigenvalue weighted by atomic mass is 35.5. The molecule has 0 amide bonds. The van der Waals surface area contributed by atoms with Crippen molar-refractivity contribution in [3.63, 3.8) is 0 Å². The molecule has 1 N–H and O–H groups in total. The van der Waals surface area contributed by atoms with E-state index in [1.807, 2.05) is 26.0 Å². The molecule has 114 valence electrons. The van der Waals surface area contributed by atoms with E-state index in [0.29, 0.717) is 6.61 Å². The summed E-state index contributed by atoms with van der Waals surface area (Å²) < 4.78 is 11.2. The molecule has 0 aromatic heterocycles. The summed E-state index contributed by atoms with van der Waals surface area (Å²) in [5, 5.41) is 4.12. The molecular formula is C16H26ClNO2. The van der Waals surface area contributed by atoms with Gasteiger partial charge >= 0.3 is 0 Å². The van der Waals surface area contributed by atoms with Crippen LogP contribution in [0.1, 0.15) is 30.9 Å². The van der Waals surface area contributed by atoms with Crippen molar-refractivity contribution in [2.45, 2.75) is 33.6 Å². The molecule has 20 heavy (non-hydrogen) atoms. The van der Waals surface area contributed by atoms with Crippen molar-refractivity contribution in [1.82, 2.24) is 5.32 Å². The van der Waals surface area contributed by atoms with Crippen LogP contribution in [0.25, 0.3) is 0 Å². The highest BCUT2D eigenvalue weighted by Gasteiger charge is 2.03. The molecule has 0 atom stereocenters. The first-order valence-electron chi connectivity index (χ1n) is 7.33. The van der Waals surface area contributed by atoms with Gasteiger partial charge in [-0.25, -0.2) is 0 Å². The molecule has 0 aliphatic rings. The fourth-order valence-corrected chi connectivity index (χ4v) is 1.96. The average Bonchev–Trinajstić information content (AvgIpc) is 2.43. The van der Waals surface area contributed by atoms with E-state index < -0.39 is 0 Å². The number of hydrogen-bond acceptors (Lipinski definition) is 3. The second-order valence-corrected chi connectivity index (χ2v) is 5.31. The minimum absolute atomic E-state index is 0.648. The first-order chi connectivity index (χ1) is 9.65. The summed E-state index contributed by atoms with van der Waals surface area (Å²) in [7, 11) is 0. The van der Waals surface area contributed by atoms with E-state index in [1.54, 1.807) is 0 Å². The molecular weight excluding hydrogens is 274 g/mol. The molecule has 0 radical (unpaired) electrons. The number of halogens is 1. The van der Waals surface area contributed by atoms with Crippen LogP contribution in [-0.4, -0.2) is 32.9 Å². The lowest BCUT2D eigenvalue weighted by Gasteiger charge is -2.10. The van der Waals surface area contributed by atoms with Crippen LogP contribution in [-0.2, 0) is 4.74 Å². The molecule has 0 aliphatic heterocycles. The summed E-state index contributed by atoms with van der Waals surface area (Å²) in [6.07, 6.45) is 2.32. The van der Waals surface area contributed by atoms with E-state index in [-0.39, 0.29) is 0 Å². The molecule has 0 aliphatic carbocycles. The second-order valence-electron chi connectivity index (χ2n) is 4.94. The van der Waals surface area contributed by atoms with Gasteiger partial charge in [0.05, 0.1) is 6.61 Å². The zero-order valence-electron chi connectivity index (χ0n) is 12.8. The average molecular weight is 300 g/mol. The van der Waals surface area contributed by atoms with Crippen molar-refractivity contribution in [3.05, 3.63) is 28.3 Å². The Morgan fingerprint density at radius 1 is 1.05 bits per heavy atom. The Morgan fingerprint density at radius 2 is 1.70 bits per heavy atom. The van der Waals surface area contributed by atoms with Gasteiger partial charge in [-0.3, -0.25) is 0 Å². The molecule has 0 bridgehead atoms. The van der Waals surface area contributed by atoms with Gasteiger partial charge in [-0.1, -0.05) is 24.9 Å². The van der Waals surface area contributed by atoms with E-state index in [0.717, 1.165) is 54.6 Å². The van der Waals surface area contributed by atoms with Crippen molar-refractivity contribution in [3.8, 4) is 5.75 Å². The second kappa shape index (κ2) is 10.0. The summed E-state index contributed by atoms with van der Waals surface area (Å²) in [5.41, 5.74) is 2.11. The number of aryl methyl sites for hydroxylation is 2. The van der Waals surface area contributed by atoms with Gasteiger partial charge in [0.1, 0.15) is 12.4 Å². The molecule has 1 aromatic carbocycles. The van der Waals surface area contributed by atoms with Gasteiger partial charge in [0, 0.05) is 24.7 Å². The minimum atomic E-state index is 0.648. The SMILES string of the molecule is CCCCOCCNCCOc1cc(C)c(Cl)c(C)c1. The maximum Gasteiger partial charge on any atom is 0.119 e. The fraction of sp³-hybridized carbons (Fsp3) is 0.625. The first-order valence-corrected chi connectivity index (χ1v) is 7.71. The monoisotopic (exact) mass is 299 g/mol. The molecule has 0 saturated heterocycles. The Hall–Kier alpha value is -0.770. The number of benzene rings is 1. The van der Waals surface area contributed by atoms with Gasteiger partial charge in [-0.2, -0.15) is 0 Å². The third kappa shape index (κ3) is 6.60. The number of ether oxygens (including phenoxy) is 2. The number of hydrogen-bond donors (Lipinski definition) is 1. The van der Waals surface area contributed by atoms with Crippen LogP contribution >= 0.6 is 11.6 Å². The third-order valence-corrected chi connectivity index (χ3v) is 3.62. The predicted molar refractivity (Wildman–Crippen MR) is 85.0 cm³/mol. The van der Waals surface area contributed by atoms with Crippen molar-refractivity contribution in [1.29, 1.82) is 0 Å². The maximum atomic E-state index is 6.12. The van der Waals surface area contributed by atoms with Crippen molar-refractivity contribution in [2.24, 2.45) is 0 Å². The Labute approximate surface area is 127 Å². The molecule has 1 rings (SSSR count). The predicted octanol–water partition coefficient (Wildman–Crippen LogP) is 3.74. The van der Waals surface area contributed by atoms with Crippen LogP contribution < -0.4 is 10.1 Å². The van der Waals surface area contributed by atoms with E-state index in [9.17, 15) is 0 Å². The summed E-state index contributed by atoms with van der Waals surface area (Å²) in [6.45, 7) is 10.1. The van der Waals surface area contributed by atoms with Crippen LogP contribution in [0.4, 0.5) is 0 Å². The molecule has 1 aromatic rings. The van der Waals surface area contributed by atoms with Crippen molar-refractivity contribution in [2.75, 3.05) is 32.9 Å². The van der Waals surface area contributed by atoms with Gasteiger partial charge < -0.3 is 14.8 Å². The topological polar surface area (TPSA) is 30.5 Å². The van der Waals surface area contributed by atoms with Crippen molar-refractivity contribution >= 4 is 11.6 Å². The normalized spacial score (nSPS) is 10.8. The van der Waals surface area contributed by atoms with Crippen LogP contribution in [0, 0.1) is 13.8 Å². The van der Waals surface area contributed by atoms with Crippen LogP contribution in [0.2, 0.25) is 5.02 Å². The zero-order chi connectivity index (χ0) is 14.8. The Bertz CT molecular complexity index is 373. The van der Waals surface area contributed by atoms with Crippen LogP contribution in [0.3, 0.4) is 0 Å².